The van der Waals surface area contributed by atoms with Crippen LogP contribution in [0.2, 0.25) is 0 Å². The van der Waals surface area contributed by atoms with Gasteiger partial charge >= 0.3 is 0 Å². The van der Waals surface area contributed by atoms with Crippen molar-refractivity contribution in [1.29, 1.82) is 0 Å². The number of hydrogen-bond donors (Lipinski definition) is 0. The quantitative estimate of drug-likeness (QED) is 0.377. The predicted molar refractivity (Wildman–Crippen MR) is 35.6 cm³/mol. The molecule has 2 atom stereocenters. The van der Waals surface area contributed by atoms with Gasteiger partial charge in [0.25, 0.3) is 0 Å². The highest BCUT2D eigenvalue weighted by molar-refractivity contribution is 9.09. The molecule has 0 fully saturated rings. The minimum absolute atomic E-state index is 0.655. The van der Waals surface area contributed by atoms with Crippen molar-refractivity contribution in [3.05, 3.63) is 12.2 Å². The van der Waals surface area contributed by atoms with Crippen molar-refractivity contribution in [3.63, 3.8) is 0 Å². The Hall–Kier alpha value is 0.220. The van der Waals surface area contributed by atoms with Gasteiger partial charge in [0, 0.05) is 4.83 Å². The molecule has 1 rings (SSSR count). The molecule has 0 bridgehead atoms. The van der Waals surface area contributed by atoms with E-state index in [4.69, 9.17) is 0 Å². The first kappa shape index (κ1) is 5.36. The van der Waals surface area contributed by atoms with Gasteiger partial charge in [-0.25, -0.2) is 0 Å². The smallest absolute Gasteiger partial charge is 0.0330 e. The normalized spacial score (nSPS) is 39.7. The number of rotatable bonds is 0. The number of allylic oxidation sites excluding steroid dienone is 2. The third kappa shape index (κ3) is 1.30. The highest BCUT2D eigenvalue weighted by Gasteiger charge is 2.10. The van der Waals surface area contributed by atoms with Crippen molar-refractivity contribution in [2.75, 3.05) is 0 Å². The summed E-state index contributed by atoms with van der Waals surface area (Å²) >= 11 is 3.49. The maximum atomic E-state index is 3.49. The minimum atomic E-state index is 0.655. The number of halogens is 1. The molecular formula is C6H9Br. The molecule has 0 heterocycles. The lowest BCUT2D eigenvalue weighted by Crippen LogP contribution is -1.88. The average molecular weight is 161 g/mol. The second-order valence-corrected chi connectivity index (χ2v) is 3.29. The lowest BCUT2D eigenvalue weighted by atomic mass is 10.2. The van der Waals surface area contributed by atoms with E-state index in [0.717, 1.165) is 5.92 Å². The molecule has 0 nitrogen and oxygen atoms in total. The van der Waals surface area contributed by atoms with Crippen LogP contribution in [0.5, 0.6) is 0 Å². The summed E-state index contributed by atoms with van der Waals surface area (Å²) in [5.74, 6) is 0.796. The van der Waals surface area contributed by atoms with E-state index < -0.39 is 0 Å². The fraction of sp³-hybridized carbons (Fsp3) is 0.667. The molecule has 0 saturated carbocycles. The Labute approximate surface area is 52.7 Å². The average Bonchev–Trinajstić information content (AvgIpc) is 1.87. The molecule has 40 valence electrons. The van der Waals surface area contributed by atoms with E-state index >= 15 is 0 Å². The van der Waals surface area contributed by atoms with Crippen molar-refractivity contribution in [3.8, 4) is 0 Å². The lowest BCUT2D eigenvalue weighted by molar-refractivity contribution is 0.713. The van der Waals surface area contributed by atoms with E-state index in [1.165, 1.54) is 6.42 Å². The van der Waals surface area contributed by atoms with Crippen LogP contribution in [0.3, 0.4) is 0 Å². The molecule has 1 heteroatoms. The van der Waals surface area contributed by atoms with Crippen molar-refractivity contribution in [2.45, 2.75) is 18.2 Å². The highest BCUT2D eigenvalue weighted by Crippen LogP contribution is 2.22. The zero-order valence-electron chi connectivity index (χ0n) is 4.39. The van der Waals surface area contributed by atoms with Crippen LogP contribution in [0.25, 0.3) is 0 Å². The van der Waals surface area contributed by atoms with Crippen LogP contribution in [-0.2, 0) is 0 Å². The van der Waals surface area contributed by atoms with Crippen LogP contribution in [0.4, 0.5) is 0 Å². The van der Waals surface area contributed by atoms with Crippen molar-refractivity contribution in [2.24, 2.45) is 5.92 Å². The molecule has 0 aromatic carbocycles. The lowest BCUT2D eigenvalue weighted by Gasteiger charge is -1.95. The van der Waals surface area contributed by atoms with Gasteiger partial charge in [-0.3, -0.25) is 0 Å². The molecular weight excluding hydrogens is 152 g/mol. The van der Waals surface area contributed by atoms with E-state index in [-0.39, 0.29) is 0 Å². The van der Waals surface area contributed by atoms with Crippen LogP contribution in [0.1, 0.15) is 13.3 Å². The van der Waals surface area contributed by atoms with Crippen LogP contribution in [0, 0.1) is 5.92 Å². The van der Waals surface area contributed by atoms with Gasteiger partial charge in [0.2, 0.25) is 0 Å². The Morgan fingerprint density at radius 3 is 2.43 bits per heavy atom. The Kier molecular flexibility index (Phi) is 1.53. The molecule has 0 radical (unpaired) electrons. The standard InChI is InChI=1S/C6H9Br/c1-5-2-3-6(7)4-5/h2-3,5-6H,4H2,1H3/t5-,6+/m0/s1. The molecule has 0 unspecified atom stereocenters. The third-order valence-corrected chi connectivity index (χ3v) is 1.92. The molecule has 0 aromatic rings. The number of hydrogen-bond acceptors (Lipinski definition) is 0. The summed E-state index contributed by atoms with van der Waals surface area (Å²) in [7, 11) is 0. The van der Waals surface area contributed by atoms with Gasteiger partial charge in [0.1, 0.15) is 0 Å². The topological polar surface area (TPSA) is 0 Å². The molecule has 0 aromatic heterocycles. The van der Waals surface area contributed by atoms with E-state index in [2.05, 4.69) is 35.0 Å². The summed E-state index contributed by atoms with van der Waals surface area (Å²) in [6.45, 7) is 2.23. The molecule has 0 aliphatic heterocycles. The van der Waals surface area contributed by atoms with Gasteiger partial charge in [-0.15, -0.1) is 0 Å². The van der Waals surface area contributed by atoms with Crippen LogP contribution >= 0.6 is 15.9 Å². The summed E-state index contributed by atoms with van der Waals surface area (Å²) in [6, 6.07) is 0. The SMILES string of the molecule is C[C@H]1C=C[C@@H](Br)C1. The van der Waals surface area contributed by atoms with E-state index in [9.17, 15) is 0 Å². The Morgan fingerprint density at radius 1 is 1.57 bits per heavy atom. The number of alkyl halides is 1. The van der Waals surface area contributed by atoms with Crippen molar-refractivity contribution < 1.29 is 0 Å². The molecule has 0 N–H and O–H groups in total. The predicted octanol–water partition coefficient (Wildman–Crippen LogP) is 2.35. The van der Waals surface area contributed by atoms with Gasteiger partial charge in [0.15, 0.2) is 0 Å². The maximum absolute atomic E-state index is 3.49. The Morgan fingerprint density at radius 2 is 2.29 bits per heavy atom. The summed E-state index contributed by atoms with van der Waals surface area (Å²) in [5, 5.41) is 0. The van der Waals surface area contributed by atoms with Gasteiger partial charge in [-0.05, 0) is 12.3 Å². The third-order valence-electron chi connectivity index (χ3n) is 1.25. The van der Waals surface area contributed by atoms with Crippen LogP contribution in [-0.4, -0.2) is 4.83 Å². The molecule has 0 amide bonds. The van der Waals surface area contributed by atoms with E-state index in [0.29, 0.717) is 4.83 Å². The summed E-state index contributed by atoms with van der Waals surface area (Å²) in [6.07, 6.45) is 5.74. The first-order valence-electron chi connectivity index (χ1n) is 2.61. The van der Waals surface area contributed by atoms with Crippen LogP contribution in [0.15, 0.2) is 12.2 Å². The zero-order chi connectivity index (χ0) is 5.28. The van der Waals surface area contributed by atoms with Crippen molar-refractivity contribution in [1.82, 2.24) is 0 Å². The minimum Gasteiger partial charge on any atom is -0.0845 e. The molecule has 0 spiro atoms. The van der Waals surface area contributed by atoms with Gasteiger partial charge in [-0.1, -0.05) is 35.0 Å². The van der Waals surface area contributed by atoms with Gasteiger partial charge < -0.3 is 0 Å². The van der Waals surface area contributed by atoms with E-state index in [1.807, 2.05) is 0 Å². The summed E-state index contributed by atoms with van der Waals surface area (Å²) in [5.41, 5.74) is 0. The fourth-order valence-corrected chi connectivity index (χ4v) is 1.59. The van der Waals surface area contributed by atoms with Crippen molar-refractivity contribution >= 4 is 15.9 Å². The molecule has 1 aliphatic carbocycles. The zero-order valence-corrected chi connectivity index (χ0v) is 5.98. The first-order valence-corrected chi connectivity index (χ1v) is 3.53. The second-order valence-electron chi connectivity index (χ2n) is 2.11. The largest absolute Gasteiger partial charge is 0.0845 e. The highest BCUT2D eigenvalue weighted by atomic mass is 79.9. The summed E-state index contributed by atoms with van der Waals surface area (Å²) < 4.78 is 0. The monoisotopic (exact) mass is 160 g/mol. The fourth-order valence-electron chi connectivity index (χ4n) is 0.823. The van der Waals surface area contributed by atoms with Gasteiger partial charge in [-0.2, -0.15) is 0 Å². The maximum Gasteiger partial charge on any atom is 0.0330 e. The Balaban J connectivity index is 2.42. The van der Waals surface area contributed by atoms with Crippen LogP contribution < -0.4 is 0 Å². The molecule has 1 aliphatic rings. The molecule has 0 saturated heterocycles. The van der Waals surface area contributed by atoms with Gasteiger partial charge in [0.05, 0.1) is 0 Å². The second kappa shape index (κ2) is 1.99. The first-order chi connectivity index (χ1) is 3.29. The summed E-state index contributed by atoms with van der Waals surface area (Å²) in [4.78, 5) is 0.655. The van der Waals surface area contributed by atoms with E-state index in [1.54, 1.807) is 0 Å². The Bertz CT molecular complexity index is 76.2. The molecule has 7 heavy (non-hydrogen) atoms.